The molecule has 0 aromatic heterocycles. The Morgan fingerprint density at radius 2 is 2.06 bits per heavy atom. The molecule has 1 atom stereocenters. The number of ketones is 1. The van der Waals surface area contributed by atoms with Crippen LogP contribution in [0.25, 0.3) is 0 Å². The van der Waals surface area contributed by atoms with E-state index in [0.29, 0.717) is 6.42 Å². The van der Waals surface area contributed by atoms with Gasteiger partial charge in [-0.3, -0.25) is 4.79 Å². The second kappa shape index (κ2) is 3.80. The molecule has 2 N–H and O–H groups in total. The van der Waals surface area contributed by atoms with Gasteiger partial charge in [0.05, 0.1) is 5.56 Å². The molecule has 0 fully saturated rings. The Bertz CT molecular complexity index is 517. The second-order valence-corrected chi connectivity index (χ2v) is 4.32. The minimum Gasteiger partial charge on any atom is -0.504 e. The first kappa shape index (κ1) is 11.5. The third-order valence-electron chi connectivity index (χ3n) is 2.90. The maximum atomic E-state index is 11.3. The van der Waals surface area contributed by atoms with Gasteiger partial charge in [-0.2, -0.15) is 0 Å². The van der Waals surface area contributed by atoms with E-state index < -0.39 is 5.75 Å². The summed E-state index contributed by atoms with van der Waals surface area (Å²) in [5.41, 5.74) is 1.68. The number of hydrogen-bond acceptors (Lipinski definition) is 4. The van der Waals surface area contributed by atoms with E-state index in [-0.39, 0.29) is 28.9 Å². The van der Waals surface area contributed by atoms with Gasteiger partial charge in [0.15, 0.2) is 17.3 Å². The van der Waals surface area contributed by atoms with Crippen LogP contribution in [0.1, 0.15) is 29.8 Å². The van der Waals surface area contributed by atoms with Crippen LogP contribution in [-0.2, 0) is 6.42 Å². The predicted octanol–water partition coefficient (Wildman–Crippen LogP) is 2.18. The lowest BCUT2D eigenvalue weighted by molar-refractivity contribution is 0.101. The third-order valence-corrected chi connectivity index (χ3v) is 2.90. The Labute approximate surface area is 99.2 Å². The van der Waals surface area contributed by atoms with Crippen LogP contribution in [0.3, 0.4) is 0 Å². The third kappa shape index (κ3) is 1.75. The van der Waals surface area contributed by atoms with Gasteiger partial charge in [0, 0.05) is 12.0 Å². The summed E-state index contributed by atoms with van der Waals surface area (Å²) in [6, 6.07) is 1.57. The molecule has 2 rings (SSSR count). The molecule has 17 heavy (non-hydrogen) atoms. The van der Waals surface area contributed by atoms with Crippen molar-refractivity contribution in [3.05, 3.63) is 29.3 Å². The summed E-state index contributed by atoms with van der Waals surface area (Å²) in [6.45, 7) is 6.97. The number of rotatable bonds is 2. The average molecular weight is 234 g/mol. The van der Waals surface area contributed by atoms with Crippen molar-refractivity contribution in [2.45, 2.75) is 26.4 Å². The zero-order valence-electron chi connectivity index (χ0n) is 9.78. The number of aromatic hydroxyl groups is 2. The minimum atomic E-state index is -0.418. The molecule has 0 bridgehead atoms. The summed E-state index contributed by atoms with van der Waals surface area (Å²) >= 11 is 0. The number of Topliss-reactive ketones (excluding diaryl/α,β-unsaturated/α-hetero) is 1. The zero-order valence-corrected chi connectivity index (χ0v) is 9.78. The Morgan fingerprint density at radius 1 is 1.41 bits per heavy atom. The Morgan fingerprint density at radius 3 is 2.59 bits per heavy atom. The molecule has 1 unspecified atom stereocenters. The van der Waals surface area contributed by atoms with E-state index in [1.807, 2.05) is 6.92 Å². The fraction of sp³-hybridized carbons (Fsp3) is 0.308. The number of carbonyl (C=O) groups excluding carboxylic acids is 1. The number of benzene rings is 1. The summed E-state index contributed by atoms with van der Waals surface area (Å²) in [5, 5.41) is 19.5. The molecule has 4 heteroatoms. The van der Waals surface area contributed by atoms with Crippen LogP contribution >= 0.6 is 0 Å². The van der Waals surface area contributed by atoms with E-state index >= 15 is 0 Å². The molecule has 1 aliphatic heterocycles. The van der Waals surface area contributed by atoms with Gasteiger partial charge in [-0.25, -0.2) is 0 Å². The van der Waals surface area contributed by atoms with Crippen LogP contribution in [0.15, 0.2) is 18.2 Å². The molecule has 1 aromatic carbocycles. The predicted molar refractivity (Wildman–Crippen MR) is 62.7 cm³/mol. The standard InChI is InChI=1S/C13H14O4/c1-6(2)10-5-8-4-9(7(3)14)11(15)12(16)13(8)17-10/h4,10,15-16H,1,5H2,2-3H3. The maximum absolute atomic E-state index is 11.3. The van der Waals surface area contributed by atoms with E-state index in [1.54, 1.807) is 6.07 Å². The highest BCUT2D eigenvalue weighted by atomic mass is 16.5. The van der Waals surface area contributed by atoms with Crippen LogP contribution in [0.4, 0.5) is 0 Å². The minimum absolute atomic E-state index is 0.118. The van der Waals surface area contributed by atoms with Crippen LogP contribution in [0.5, 0.6) is 17.2 Å². The number of phenolic OH excluding ortho intramolecular Hbond substituents is 2. The van der Waals surface area contributed by atoms with Crippen molar-refractivity contribution in [3.63, 3.8) is 0 Å². The van der Waals surface area contributed by atoms with Gasteiger partial charge in [0.1, 0.15) is 6.10 Å². The summed E-state index contributed by atoms with van der Waals surface area (Å²) in [6.07, 6.45) is 0.344. The molecule has 1 aliphatic rings. The molecule has 0 spiro atoms. The van der Waals surface area contributed by atoms with Crippen LogP contribution in [-0.4, -0.2) is 22.1 Å². The van der Waals surface area contributed by atoms with Gasteiger partial charge >= 0.3 is 0 Å². The summed E-state index contributed by atoms with van der Waals surface area (Å²) in [7, 11) is 0. The summed E-state index contributed by atoms with van der Waals surface area (Å²) < 4.78 is 5.49. The van der Waals surface area contributed by atoms with Gasteiger partial charge in [0.2, 0.25) is 5.75 Å². The quantitative estimate of drug-likeness (QED) is 0.467. The lowest BCUT2D eigenvalue weighted by Gasteiger charge is -2.10. The van der Waals surface area contributed by atoms with E-state index in [9.17, 15) is 15.0 Å². The van der Waals surface area contributed by atoms with Crippen molar-refractivity contribution in [2.75, 3.05) is 0 Å². The highest BCUT2D eigenvalue weighted by Crippen LogP contribution is 2.46. The topological polar surface area (TPSA) is 66.8 Å². The molecule has 0 saturated carbocycles. The fourth-order valence-corrected chi connectivity index (χ4v) is 1.91. The van der Waals surface area contributed by atoms with Crippen LogP contribution < -0.4 is 4.74 Å². The van der Waals surface area contributed by atoms with Crippen molar-refractivity contribution < 1.29 is 19.7 Å². The van der Waals surface area contributed by atoms with Crippen molar-refractivity contribution >= 4 is 5.78 Å². The number of ether oxygens (including phenoxy) is 1. The summed E-state index contributed by atoms with van der Waals surface area (Å²) in [5.74, 6) is -0.824. The number of fused-ring (bicyclic) bond motifs is 1. The normalized spacial score (nSPS) is 17.4. The first-order valence-electron chi connectivity index (χ1n) is 5.32. The molecular weight excluding hydrogens is 220 g/mol. The molecule has 0 aliphatic carbocycles. The molecule has 1 heterocycles. The molecule has 0 radical (unpaired) electrons. The van der Waals surface area contributed by atoms with E-state index in [4.69, 9.17) is 4.74 Å². The van der Waals surface area contributed by atoms with Gasteiger partial charge in [-0.15, -0.1) is 0 Å². The number of carbonyl (C=O) groups is 1. The van der Waals surface area contributed by atoms with Gasteiger partial charge in [-0.1, -0.05) is 6.58 Å². The van der Waals surface area contributed by atoms with Crippen molar-refractivity contribution in [2.24, 2.45) is 0 Å². The van der Waals surface area contributed by atoms with Crippen molar-refractivity contribution in [1.29, 1.82) is 0 Å². The highest BCUT2D eigenvalue weighted by Gasteiger charge is 2.30. The van der Waals surface area contributed by atoms with Crippen molar-refractivity contribution in [1.82, 2.24) is 0 Å². The first-order chi connectivity index (χ1) is 7.91. The Balaban J connectivity index is 2.52. The number of phenols is 2. The Hall–Kier alpha value is -1.97. The largest absolute Gasteiger partial charge is 0.504 e. The van der Waals surface area contributed by atoms with Crippen LogP contribution in [0.2, 0.25) is 0 Å². The average Bonchev–Trinajstić information content (AvgIpc) is 2.67. The fourth-order valence-electron chi connectivity index (χ4n) is 1.91. The second-order valence-electron chi connectivity index (χ2n) is 4.32. The molecule has 1 aromatic rings. The number of hydrogen-bond donors (Lipinski definition) is 2. The lowest BCUT2D eigenvalue weighted by Crippen LogP contribution is -2.13. The zero-order chi connectivity index (χ0) is 12.7. The Kier molecular flexibility index (Phi) is 2.58. The van der Waals surface area contributed by atoms with Gasteiger partial charge in [-0.05, 0) is 25.5 Å². The molecule has 4 nitrogen and oxygen atoms in total. The van der Waals surface area contributed by atoms with E-state index in [2.05, 4.69) is 6.58 Å². The molecule has 90 valence electrons. The highest BCUT2D eigenvalue weighted by molar-refractivity contribution is 5.98. The van der Waals surface area contributed by atoms with Gasteiger partial charge in [0.25, 0.3) is 0 Å². The monoisotopic (exact) mass is 234 g/mol. The lowest BCUT2D eigenvalue weighted by atomic mass is 10.0. The van der Waals surface area contributed by atoms with Crippen LogP contribution in [0, 0.1) is 0 Å². The molecule has 0 amide bonds. The van der Waals surface area contributed by atoms with E-state index in [0.717, 1.165) is 11.1 Å². The smallest absolute Gasteiger partial charge is 0.201 e. The summed E-state index contributed by atoms with van der Waals surface area (Å²) in [4.78, 5) is 11.3. The molecule has 0 saturated heterocycles. The molecular formula is C13H14O4. The van der Waals surface area contributed by atoms with Crippen molar-refractivity contribution in [3.8, 4) is 17.2 Å². The maximum Gasteiger partial charge on any atom is 0.201 e. The first-order valence-corrected chi connectivity index (χ1v) is 5.32. The van der Waals surface area contributed by atoms with Gasteiger partial charge < -0.3 is 14.9 Å². The SMILES string of the molecule is C=C(C)C1Cc2cc(C(C)=O)c(O)c(O)c2O1. The van der Waals surface area contributed by atoms with E-state index in [1.165, 1.54) is 6.92 Å².